The van der Waals surface area contributed by atoms with Crippen LogP contribution in [0.15, 0.2) is 17.3 Å². The molecule has 2 N–H and O–H groups in total. The Morgan fingerprint density at radius 3 is 2.48 bits per heavy atom. The molecule has 2 aliphatic rings. The maximum absolute atomic E-state index is 14.0. The maximum Gasteiger partial charge on any atom is 0.420 e. The third-order valence-corrected chi connectivity index (χ3v) is 6.63. The Bertz CT molecular complexity index is 1210. The van der Waals surface area contributed by atoms with E-state index in [9.17, 15) is 31.0 Å². The minimum Gasteiger partial charge on any atom is -0.319 e. The van der Waals surface area contributed by atoms with Gasteiger partial charge in [-0.2, -0.15) is 23.4 Å². The molecule has 8 nitrogen and oxygen atoms in total. The molecule has 2 aromatic rings. The van der Waals surface area contributed by atoms with Crippen LogP contribution < -0.4 is 5.32 Å². The van der Waals surface area contributed by atoms with Gasteiger partial charge in [0.1, 0.15) is 11.3 Å². The summed E-state index contributed by atoms with van der Waals surface area (Å²) in [6.07, 6.45) is -2.84. The number of carbonyl (C=O) groups excluding carboxylic acids is 1. The Morgan fingerprint density at radius 2 is 1.97 bits per heavy atom. The van der Waals surface area contributed by atoms with E-state index < -0.39 is 63.2 Å². The highest BCUT2D eigenvalue weighted by molar-refractivity contribution is 7.91. The predicted molar refractivity (Wildman–Crippen MR) is 107 cm³/mol. The van der Waals surface area contributed by atoms with Crippen LogP contribution in [-0.4, -0.2) is 42.3 Å². The van der Waals surface area contributed by atoms with Crippen molar-refractivity contribution >= 4 is 21.3 Å². The Labute approximate surface area is 185 Å². The molecule has 2 aliphatic carbocycles. The van der Waals surface area contributed by atoms with Crippen molar-refractivity contribution in [2.45, 2.75) is 62.2 Å². The minimum atomic E-state index is -4.89. The highest BCUT2D eigenvalue weighted by Crippen LogP contribution is 2.53. The molecular weight excluding hydrogens is 471 g/mol. The fourth-order valence-electron chi connectivity index (χ4n) is 4.21. The summed E-state index contributed by atoms with van der Waals surface area (Å²) >= 11 is 0. The van der Waals surface area contributed by atoms with E-state index in [1.807, 2.05) is 0 Å². The summed E-state index contributed by atoms with van der Waals surface area (Å²) in [6.45, 7) is 1.24. The summed E-state index contributed by atoms with van der Waals surface area (Å²) in [4.78, 5) is 13.1. The maximum atomic E-state index is 14.0. The summed E-state index contributed by atoms with van der Waals surface area (Å²) in [7, 11) is -3.29. The predicted octanol–water partition coefficient (Wildman–Crippen LogP) is 4.29. The molecule has 180 valence electrons. The van der Waals surface area contributed by atoms with Crippen LogP contribution in [-0.2, 0) is 22.5 Å². The molecule has 0 bridgehead atoms. The molecule has 0 aliphatic heterocycles. The van der Waals surface area contributed by atoms with Crippen molar-refractivity contribution in [3.05, 3.63) is 29.2 Å². The van der Waals surface area contributed by atoms with E-state index in [-0.39, 0.29) is 23.0 Å². The van der Waals surface area contributed by atoms with Gasteiger partial charge in [0.25, 0.3) is 5.91 Å². The van der Waals surface area contributed by atoms with Gasteiger partial charge in [0.05, 0.1) is 27.3 Å². The van der Waals surface area contributed by atoms with Gasteiger partial charge in [-0.1, -0.05) is 6.92 Å². The summed E-state index contributed by atoms with van der Waals surface area (Å²) in [5, 5.41) is 13.2. The zero-order chi connectivity index (χ0) is 24.4. The number of rotatable bonds is 6. The Hall–Kier alpha value is -2.64. The number of nitrogens with zero attached hydrogens (tertiary/aromatic N) is 4. The average molecular weight is 492 g/mol. The number of amides is 1. The first-order valence-corrected chi connectivity index (χ1v) is 12.0. The van der Waals surface area contributed by atoms with Crippen LogP contribution in [0.2, 0.25) is 0 Å². The third kappa shape index (κ3) is 4.84. The molecule has 2 heterocycles. The van der Waals surface area contributed by atoms with E-state index in [1.165, 1.54) is 6.92 Å². The number of aromatic nitrogens is 4. The molecule has 0 unspecified atom stereocenters. The summed E-state index contributed by atoms with van der Waals surface area (Å²) in [5.74, 6) is -4.52. The molecule has 0 saturated heterocycles. The van der Waals surface area contributed by atoms with Gasteiger partial charge in [-0.05, 0) is 18.3 Å². The fraction of sp³-hybridized carbons (Fsp3) is 0.579. The van der Waals surface area contributed by atoms with Crippen molar-refractivity contribution in [3.8, 4) is 0 Å². The number of alkyl halides is 5. The van der Waals surface area contributed by atoms with Gasteiger partial charge in [0.2, 0.25) is 5.92 Å². The van der Waals surface area contributed by atoms with Crippen LogP contribution in [0.3, 0.4) is 0 Å². The molecule has 14 heteroatoms. The molecule has 4 rings (SSSR count). The van der Waals surface area contributed by atoms with Gasteiger partial charge >= 0.3 is 6.18 Å². The SMILES string of the molecule is CC1(Cn2nc(C3CC3)c(C(F)(F)F)c2C(=O)Nc2cnnc([S@](C)(=N)=O)c2)CC(F)(F)C1. The largest absolute Gasteiger partial charge is 0.420 e. The van der Waals surface area contributed by atoms with Crippen LogP contribution in [0.25, 0.3) is 0 Å². The summed E-state index contributed by atoms with van der Waals surface area (Å²) < 4.78 is 89.5. The second kappa shape index (κ2) is 7.43. The van der Waals surface area contributed by atoms with Gasteiger partial charge in [-0.3, -0.25) is 9.48 Å². The van der Waals surface area contributed by atoms with Gasteiger partial charge in [-0.15, -0.1) is 5.10 Å². The monoisotopic (exact) mass is 492 g/mol. The van der Waals surface area contributed by atoms with Crippen LogP contribution >= 0.6 is 0 Å². The van der Waals surface area contributed by atoms with E-state index >= 15 is 0 Å². The van der Waals surface area contributed by atoms with E-state index in [4.69, 9.17) is 4.78 Å². The zero-order valence-electron chi connectivity index (χ0n) is 17.7. The van der Waals surface area contributed by atoms with Gasteiger partial charge < -0.3 is 5.32 Å². The normalized spacial score (nSPS) is 21.2. The summed E-state index contributed by atoms with van der Waals surface area (Å²) in [6, 6.07) is 1.09. The topological polar surface area (TPSA) is 114 Å². The number of carbonyl (C=O) groups is 1. The lowest BCUT2D eigenvalue weighted by molar-refractivity contribution is -0.160. The van der Waals surface area contributed by atoms with Crippen LogP contribution in [0.5, 0.6) is 0 Å². The number of anilines is 1. The van der Waals surface area contributed by atoms with Crippen molar-refractivity contribution in [2.75, 3.05) is 11.6 Å². The molecule has 0 aromatic carbocycles. The second-order valence-corrected chi connectivity index (χ2v) is 11.2. The number of hydrogen-bond acceptors (Lipinski definition) is 6. The van der Waals surface area contributed by atoms with E-state index in [2.05, 4.69) is 20.6 Å². The van der Waals surface area contributed by atoms with Gasteiger partial charge in [0.15, 0.2) is 5.03 Å². The lowest BCUT2D eigenvalue weighted by Crippen LogP contribution is -2.47. The summed E-state index contributed by atoms with van der Waals surface area (Å²) in [5.41, 5.74) is -3.35. The van der Waals surface area contributed by atoms with Gasteiger partial charge in [-0.25, -0.2) is 17.8 Å². The van der Waals surface area contributed by atoms with Crippen molar-refractivity contribution < 1.29 is 31.0 Å². The van der Waals surface area contributed by atoms with Crippen molar-refractivity contribution in [2.24, 2.45) is 5.41 Å². The van der Waals surface area contributed by atoms with Crippen LogP contribution in [0, 0.1) is 10.2 Å². The average Bonchev–Trinajstić information content (AvgIpc) is 3.39. The Kier molecular flexibility index (Phi) is 5.30. The molecule has 1 amide bonds. The Morgan fingerprint density at radius 1 is 1.33 bits per heavy atom. The number of halogens is 5. The van der Waals surface area contributed by atoms with Crippen LogP contribution in [0.1, 0.15) is 60.3 Å². The first kappa shape index (κ1) is 23.5. The van der Waals surface area contributed by atoms with Crippen molar-refractivity contribution in [3.63, 3.8) is 0 Å². The zero-order valence-corrected chi connectivity index (χ0v) is 18.5. The van der Waals surface area contributed by atoms with E-state index in [0.717, 1.165) is 23.2 Å². The highest BCUT2D eigenvalue weighted by atomic mass is 32.2. The molecule has 2 saturated carbocycles. The molecule has 2 fully saturated rings. The molecular formula is C19H21F5N6O2S. The lowest BCUT2D eigenvalue weighted by Gasteiger charge is -2.44. The lowest BCUT2D eigenvalue weighted by atomic mass is 9.67. The molecule has 2 aromatic heterocycles. The first-order valence-electron chi connectivity index (χ1n) is 10.0. The smallest absolute Gasteiger partial charge is 0.319 e. The fourth-order valence-corrected chi connectivity index (χ4v) is 4.77. The molecule has 33 heavy (non-hydrogen) atoms. The number of hydrogen-bond donors (Lipinski definition) is 2. The highest BCUT2D eigenvalue weighted by Gasteiger charge is 2.55. The van der Waals surface area contributed by atoms with Gasteiger partial charge in [0, 0.05) is 37.6 Å². The first-order chi connectivity index (χ1) is 15.1. The molecule has 0 radical (unpaired) electrons. The van der Waals surface area contributed by atoms with Crippen molar-refractivity contribution in [1.29, 1.82) is 4.78 Å². The van der Waals surface area contributed by atoms with E-state index in [0.29, 0.717) is 12.8 Å². The second-order valence-electron chi connectivity index (χ2n) is 9.14. The standard InChI is InChI=1S/C19H21F5N6O2S/c1-17(7-18(20,21)8-17)9-30-15(13(19(22,23)24)14(29-30)10-3-4-10)16(31)27-11-5-12(28-26-6-11)33(2,25)32/h5-6,10,25H,3-4,7-9H2,1-2H3,(H,27,28,31)/t33-/m1/s1. The molecule has 0 spiro atoms. The Balaban J connectivity index is 1.74. The number of nitrogens with one attached hydrogen (secondary N) is 2. The molecule has 1 atom stereocenters. The van der Waals surface area contributed by atoms with Crippen molar-refractivity contribution in [1.82, 2.24) is 20.0 Å². The van der Waals surface area contributed by atoms with E-state index in [1.54, 1.807) is 0 Å². The van der Waals surface area contributed by atoms with Crippen LogP contribution in [0.4, 0.5) is 27.6 Å². The quantitative estimate of drug-likeness (QED) is 0.584. The minimum absolute atomic E-state index is 0.109. The third-order valence-electron chi connectivity index (χ3n) is 5.63.